The fourth-order valence-corrected chi connectivity index (χ4v) is 3.00. The molecule has 1 heterocycles. The minimum Gasteiger partial charge on any atom is -0.481 e. The molecule has 1 saturated carbocycles. The van der Waals surface area contributed by atoms with Crippen molar-refractivity contribution in [2.75, 3.05) is 19.8 Å². The lowest BCUT2D eigenvalue weighted by Crippen LogP contribution is -2.39. The molecular weight excluding hydrogens is 258 g/mol. The molecule has 1 aliphatic heterocycles. The third-order valence-electron chi connectivity index (χ3n) is 4.68. The number of ether oxygens (including phenoxy) is 1. The van der Waals surface area contributed by atoms with E-state index >= 15 is 0 Å². The summed E-state index contributed by atoms with van der Waals surface area (Å²) in [5.74, 6) is -0.461. The minimum absolute atomic E-state index is 0.00444. The Hall–Kier alpha value is -1.10. The number of nitrogens with one attached hydrogen (secondary N) is 1. The third-order valence-corrected chi connectivity index (χ3v) is 4.68. The van der Waals surface area contributed by atoms with Crippen LogP contribution < -0.4 is 5.32 Å². The standard InChI is InChI=1S/C15H25NO4/c17-14(5-4-11-2-1-3-11)16-10-13(15(18)19)12-6-8-20-9-7-12/h11-13H,1-10H2,(H,16,17)(H,18,19). The maximum atomic E-state index is 11.8. The van der Waals surface area contributed by atoms with Crippen LogP contribution in [-0.4, -0.2) is 36.7 Å². The predicted molar refractivity (Wildman–Crippen MR) is 74.3 cm³/mol. The van der Waals surface area contributed by atoms with E-state index in [1.54, 1.807) is 0 Å². The fraction of sp³-hybridized carbons (Fsp3) is 0.867. The molecule has 1 aliphatic carbocycles. The second kappa shape index (κ2) is 7.62. The second-order valence-electron chi connectivity index (χ2n) is 6.03. The lowest BCUT2D eigenvalue weighted by atomic mass is 9.82. The van der Waals surface area contributed by atoms with Crippen molar-refractivity contribution in [3.8, 4) is 0 Å². The van der Waals surface area contributed by atoms with Crippen molar-refractivity contribution in [1.29, 1.82) is 0 Å². The van der Waals surface area contributed by atoms with Gasteiger partial charge in [0.2, 0.25) is 5.91 Å². The molecule has 2 N–H and O–H groups in total. The Morgan fingerprint density at radius 1 is 1.20 bits per heavy atom. The molecule has 1 atom stereocenters. The van der Waals surface area contributed by atoms with E-state index in [9.17, 15) is 14.7 Å². The van der Waals surface area contributed by atoms with Gasteiger partial charge >= 0.3 is 5.97 Å². The number of carboxylic acid groups (broad SMARTS) is 1. The van der Waals surface area contributed by atoms with E-state index in [1.165, 1.54) is 19.3 Å². The summed E-state index contributed by atoms with van der Waals surface area (Å²) in [5, 5.41) is 12.1. The molecule has 114 valence electrons. The molecular formula is C15H25NO4. The monoisotopic (exact) mass is 283 g/mol. The van der Waals surface area contributed by atoms with Gasteiger partial charge in [0.05, 0.1) is 5.92 Å². The Labute approximate surface area is 120 Å². The number of carbonyl (C=O) groups excluding carboxylic acids is 1. The zero-order valence-electron chi connectivity index (χ0n) is 12.0. The molecule has 5 heteroatoms. The first kappa shape index (κ1) is 15.3. The maximum Gasteiger partial charge on any atom is 0.308 e. The van der Waals surface area contributed by atoms with E-state index in [0.29, 0.717) is 25.6 Å². The molecule has 1 amide bonds. The fourth-order valence-electron chi connectivity index (χ4n) is 3.00. The molecule has 2 fully saturated rings. The zero-order valence-corrected chi connectivity index (χ0v) is 12.0. The predicted octanol–water partition coefficient (Wildman–Crippen LogP) is 1.81. The van der Waals surface area contributed by atoms with Gasteiger partial charge in [-0.15, -0.1) is 0 Å². The Morgan fingerprint density at radius 3 is 2.45 bits per heavy atom. The van der Waals surface area contributed by atoms with Crippen LogP contribution in [0.2, 0.25) is 0 Å². The van der Waals surface area contributed by atoms with Crippen LogP contribution in [-0.2, 0) is 14.3 Å². The first-order chi connectivity index (χ1) is 9.66. The summed E-state index contributed by atoms with van der Waals surface area (Å²) in [4.78, 5) is 23.1. The van der Waals surface area contributed by atoms with E-state index < -0.39 is 11.9 Å². The largest absolute Gasteiger partial charge is 0.481 e. The molecule has 2 rings (SSSR count). The van der Waals surface area contributed by atoms with Gasteiger partial charge in [-0.3, -0.25) is 9.59 Å². The van der Waals surface area contributed by atoms with Crippen molar-refractivity contribution < 1.29 is 19.4 Å². The summed E-state index contributed by atoms with van der Waals surface area (Å²) < 4.78 is 5.26. The van der Waals surface area contributed by atoms with Crippen LogP contribution in [0.3, 0.4) is 0 Å². The van der Waals surface area contributed by atoms with Gasteiger partial charge in [-0.25, -0.2) is 0 Å². The quantitative estimate of drug-likeness (QED) is 0.747. The highest BCUT2D eigenvalue weighted by atomic mass is 16.5. The first-order valence-electron chi connectivity index (χ1n) is 7.74. The van der Waals surface area contributed by atoms with Gasteiger partial charge in [-0.1, -0.05) is 19.3 Å². The van der Waals surface area contributed by atoms with Crippen LogP contribution in [0.5, 0.6) is 0 Å². The normalized spacial score (nSPS) is 22.0. The first-order valence-corrected chi connectivity index (χ1v) is 7.74. The Balaban J connectivity index is 1.70. The van der Waals surface area contributed by atoms with Gasteiger partial charge in [0.1, 0.15) is 0 Å². The maximum absolute atomic E-state index is 11.8. The molecule has 2 aliphatic rings. The van der Waals surface area contributed by atoms with Crippen molar-refractivity contribution in [3.05, 3.63) is 0 Å². The van der Waals surface area contributed by atoms with Crippen molar-refractivity contribution in [1.82, 2.24) is 5.32 Å². The highest BCUT2D eigenvalue weighted by Gasteiger charge is 2.30. The molecule has 0 aromatic rings. The van der Waals surface area contributed by atoms with E-state index in [1.807, 2.05) is 0 Å². The summed E-state index contributed by atoms with van der Waals surface area (Å²) in [6.45, 7) is 1.51. The lowest BCUT2D eigenvalue weighted by Gasteiger charge is -2.28. The number of carboxylic acids is 1. The van der Waals surface area contributed by atoms with E-state index in [0.717, 1.165) is 19.3 Å². The number of amides is 1. The number of rotatable bonds is 7. The van der Waals surface area contributed by atoms with Crippen molar-refractivity contribution >= 4 is 11.9 Å². The van der Waals surface area contributed by atoms with Gasteiger partial charge in [-0.2, -0.15) is 0 Å². The molecule has 5 nitrogen and oxygen atoms in total. The van der Waals surface area contributed by atoms with E-state index in [2.05, 4.69) is 5.32 Å². The van der Waals surface area contributed by atoms with Crippen molar-refractivity contribution in [3.63, 3.8) is 0 Å². The molecule has 20 heavy (non-hydrogen) atoms. The van der Waals surface area contributed by atoms with Crippen LogP contribution in [0.1, 0.15) is 44.9 Å². The SMILES string of the molecule is O=C(CCC1CCC1)NCC(C(=O)O)C1CCOCC1. The minimum atomic E-state index is -0.809. The molecule has 0 bridgehead atoms. The number of carbonyl (C=O) groups is 2. The highest BCUT2D eigenvalue weighted by molar-refractivity contribution is 5.77. The zero-order chi connectivity index (χ0) is 14.4. The van der Waals surface area contributed by atoms with Gasteiger partial charge in [0.25, 0.3) is 0 Å². The molecule has 0 radical (unpaired) electrons. The lowest BCUT2D eigenvalue weighted by molar-refractivity contribution is -0.145. The van der Waals surface area contributed by atoms with Crippen molar-refractivity contribution in [2.24, 2.45) is 17.8 Å². The Morgan fingerprint density at radius 2 is 1.90 bits per heavy atom. The smallest absolute Gasteiger partial charge is 0.308 e. The van der Waals surface area contributed by atoms with Gasteiger partial charge < -0.3 is 15.2 Å². The average molecular weight is 283 g/mol. The summed E-state index contributed by atoms with van der Waals surface area (Å²) in [5.41, 5.74) is 0. The van der Waals surface area contributed by atoms with Crippen LogP contribution in [0.4, 0.5) is 0 Å². The number of hydrogen-bond donors (Lipinski definition) is 2. The summed E-state index contributed by atoms with van der Waals surface area (Å²) in [6, 6.07) is 0. The summed E-state index contributed by atoms with van der Waals surface area (Å²) in [6.07, 6.45) is 6.80. The Kier molecular flexibility index (Phi) is 5.83. The summed E-state index contributed by atoms with van der Waals surface area (Å²) >= 11 is 0. The highest BCUT2D eigenvalue weighted by Crippen LogP contribution is 2.30. The van der Waals surface area contributed by atoms with Crippen LogP contribution in [0.15, 0.2) is 0 Å². The van der Waals surface area contributed by atoms with Gasteiger partial charge in [-0.05, 0) is 31.1 Å². The molecule has 1 saturated heterocycles. The van der Waals surface area contributed by atoms with Gasteiger partial charge in [0.15, 0.2) is 0 Å². The van der Waals surface area contributed by atoms with Gasteiger partial charge in [0, 0.05) is 26.2 Å². The van der Waals surface area contributed by atoms with Crippen LogP contribution in [0, 0.1) is 17.8 Å². The van der Waals surface area contributed by atoms with Crippen LogP contribution >= 0.6 is 0 Å². The molecule has 0 aromatic heterocycles. The van der Waals surface area contributed by atoms with E-state index in [-0.39, 0.29) is 18.4 Å². The van der Waals surface area contributed by atoms with E-state index in [4.69, 9.17) is 4.74 Å². The molecule has 1 unspecified atom stereocenters. The molecule has 0 spiro atoms. The topological polar surface area (TPSA) is 75.6 Å². The van der Waals surface area contributed by atoms with Crippen molar-refractivity contribution in [2.45, 2.75) is 44.9 Å². The summed E-state index contributed by atoms with van der Waals surface area (Å²) in [7, 11) is 0. The Bertz CT molecular complexity index is 335. The van der Waals surface area contributed by atoms with Crippen LogP contribution in [0.25, 0.3) is 0 Å². The number of hydrogen-bond acceptors (Lipinski definition) is 3. The molecule has 0 aromatic carbocycles. The third kappa shape index (κ3) is 4.47. The average Bonchev–Trinajstić information content (AvgIpc) is 2.38. The second-order valence-corrected chi connectivity index (χ2v) is 6.03. The number of aliphatic carboxylic acids is 1.